The van der Waals surface area contributed by atoms with Crippen molar-refractivity contribution in [2.75, 3.05) is 5.32 Å². The molecule has 0 bridgehead atoms. The van der Waals surface area contributed by atoms with Crippen molar-refractivity contribution in [3.63, 3.8) is 0 Å². The predicted octanol–water partition coefficient (Wildman–Crippen LogP) is 6.46. The van der Waals surface area contributed by atoms with Gasteiger partial charge in [-0.25, -0.2) is 4.99 Å². The topological polar surface area (TPSA) is 24.4 Å². The molecule has 3 aromatic rings. The average Bonchev–Trinajstić information content (AvgIpc) is 2.66. The van der Waals surface area contributed by atoms with Crippen LogP contribution in [0.5, 0.6) is 0 Å². The largest absolute Gasteiger partial charge is 0.344 e. The molecule has 0 saturated carbocycles. The molecule has 1 atom stereocenters. The smallest absolute Gasteiger partial charge is 0.107 e. The van der Waals surface area contributed by atoms with Gasteiger partial charge in [-0.05, 0) is 36.2 Å². The van der Waals surface area contributed by atoms with Gasteiger partial charge in [0.1, 0.15) is 5.84 Å². The minimum absolute atomic E-state index is 0.436. The lowest BCUT2D eigenvalue weighted by atomic mass is 10.1. The molecule has 1 heterocycles. The minimum atomic E-state index is 0.436. The zero-order valence-electron chi connectivity index (χ0n) is 13.9. The van der Waals surface area contributed by atoms with Crippen molar-refractivity contribution < 1.29 is 0 Å². The molecule has 0 saturated heterocycles. The number of nitrogens with zero attached hydrogens (tertiary/aromatic N) is 1. The van der Waals surface area contributed by atoms with Gasteiger partial charge in [-0.2, -0.15) is 0 Å². The molecule has 1 aliphatic rings. The molecule has 0 aromatic heterocycles. The van der Waals surface area contributed by atoms with Crippen molar-refractivity contribution in [1.29, 1.82) is 0 Å². The number of benzene rings is 3. The molecule has 0 radical (unpaired) electrons. The molecule has 124 valence electrons. The van der Waals surface area contributed by atoms with Crippen LogP contribution >= 0.6 is 11.8 Å². The average molecular weight is 344 g/mol. The van der Waals surface area contributed by atoms with Crippen LogP contribution in [0.15, 0.2) is 94.8 Å². The first-order valence-corrected chi connectivity index (χ1v) is 9.47. The Morgan fingerprint density at radius 3 is 2.28 bits per heavy atom. The number of nitrogens with one attached hydrogen (secondary N) is 1. The minimum Gasteiger partial charge on any atom is -0.344 e. The molecule has 0 fully saturated rings. The summed E-state index contributed by atoms with van der Waals surface area (Å²) in [4.78, 5) is 6.15. The van der Waals surface area contributed by atoms with Crippen molar-refractivity contribution in [2.24, 2.45) is 4.99 Å². The summed E-state index contributed by atoms with van der Waals surface area (Å²) in [5, 5.41) is 3.94. The third kappa shape index (κ3) is 3.94. The maximum atomic E-state index is 4.91. The van der Waals surface area contributed by atoms with Gasteiger partial charge >= 0.3 is 0 Å². The maximum Gasteiger partial charge on any atom is 0.107 e. The van der Waals surface area contributed by atoms with Gasteiger partial charge in [0.2, 0.25) is 0 Å². The molecule has 1 aliphatic heterocycles. The van der Waals surface area contributed by atoms with Crippen LogP contribution in [0.4, 0.5) is 11.4 Å². The van der Waals surface area contributed by atoms with E-state index in [0.717, 1.165) is 30.1 Å². The molecule has 25 heavy (non-hydrogen) atoms. The normalized spacial score (nSPS) is 17.0. The van der Waals surface area contributed by atoms with Gasteiger partial charge in [0.05, 0.1) is 5.69 Å². The fraction of sp³-hybridized carbons (Fsp3) is 0.136. The highest BCUT2D eigenvalue weighted by Gasteiger charge is 2.19. The molecule has 4 rings (SSSR count). The number of hydrogen-bond donors (Lipinski definition) is 1. The summed E-state index contributed by atoms with van der Waals surface area (Å²) >= 11 is 1.92. The monoisotopic (exact) mass is 344 g/mol. The van der Waals surface area contributed by atoms with Gasteiger partial charge in [-0.15, -0.1) is 11.8 Å². The Morgan fingerprint density at radius 2 is 1.48 bits per heavy atom. The summed E-state index contributed by atoms with van der Waals surface area (Å²) in [5.41, 5.74) is 3.51. The van der Waals surface area contributed by atoms with E-state index in [0.29, 0.717) is 5.25 Å². The van der Waals surface area contributed by atoms with Gasteiger partial charge < -0.3 is 5.32 Å². The first kappa shape index (κ1) is 16.0. The molecule has 2 nitrogen and oxygen atoms in total. The molecule has 3 heteroatoms. The lowest BCUT2D eigenvalue weighted by Gasteiger charge is -2.22. The summed E-state index contributed by atoms with van der Waals surface area (Å²) in [7, 11) is 0. The molecule has 0 aliphatic carbocycles. The van der Waals surface area contributed by atoms with E-state index in [9.17, 15) is 0 Å². The molecule has 1 N–H and O–H groups in total. The van der Waals surface area contributed by atoms with Gasteiger partial charge in [-0.3, -0.25) is 0 Å². The number of fused-ring (bicyclic) bond motifs is 1. The van der Waals surface area contributed by atoms with Crippen LogP contribution in [-0.2, 0) is 0 Å². The Hall–Kier alpha value is -2.52. The van der Waals surface area contributed by atoms with Gasteiger partial charge in [0.15, 0.2) is 0 Å². The lowest BCUT2D eigenvalue weighted by Crippen LogP contribution is -2.14. The summed E-state index contributed by atoms with van der Waals surface area (Å²) < 4.78 is 0. The van der Waals surface area contributed by atoms with E-state index in [1.807, 2.05) is 30.0 Å². The quantitative estimate of drug-likeness (QED) is 0.577. The van der Waals surface area contributed by atoms with E-state index in [1.54, 1.807) is 0 Å². The number of anilines is 1. The summed E-state index contributed by atoms with van der Waals surface area (Å²) in [5.74, 6) is 1.03. The van der Waals surface area contributed by atoms with Crippen molar-refractivity contribution >= 4 is 29.0 Å². The van der Waals surface area contributed by atoms with Gasteiger partial charge in [0.25, 0.3) is 0 Å². The first-order chi connectivity index (χ1) is 12.4. The second kappa shape index (κ2) is 7.58. The number of para-hydroxylation sites is 2. The highest BCUT2D eigenvalue weighted by molar-refractivity contribution is 7.99. The van der Waals surface area contributed by atoms with Crippen molar-refractivity contribution in [3.8, 4) is 0 Å². The van der Waals surface area contributed by atoms with Crippen LogP contribution in [0.1, 0.15) is 23.7 Å². The van der Waals surface area contributed by atoms with Crippen LogP contribution in [0.25, 0.3) is 0 Å². The predicted molar refractivity (Wildman–Crippen MR) is 108 cm³/mol. The molecule has 0 amide bonds. The van der Waals surface area contributed by atoms with E-state index in [2.05, 4.69) is 72.0 Å². The number of amidine groups is 1. The highest BCUT2D eigenvalue weighted by Crippen LogP contribution is 2.44. The Bertz CT molecular complexity index is 859. The van der Waals surface area contributed by atoms with Crippen LogP contribution in [0, 0.1) is 0 Å². The Labute approximate surface area is 153 Å². The standard InChI is InChI=1S/C22H20N2S/c1-3-9-17(10-4-1)20-15-16-22(23-18-11-5-2-6-12-18)24-19-13-7-8-14-21(19)25-20/h1-14,20H,15-16H2,(H,23,24). The number of thioether (sulfide) groups is 1. The summed E-state index contributed by atoms with van der Waals surface area (Å²) in [6, 6.07) is 29.5. The zero-order valence-corrected chi connectivity index (χ0v) is 14.7. The van der Waals surface area contributed by atoms with E-state index in [1.165, 1.54) is 10.5 Å². The third-order valence-electron chi connectivity index (χ3n) is 4.27. The molecular formula is C22H20N2S. The van der Waals surface area contributed by atoms with E-state index < -0.39 is 0 Å². The van der Waals surface area contributed by atoms with Crippen molar-refractivity contribution in [3.05, 3.63) is 90.5 Å². The highest BCUT2D eigenvalue weighted by atomic mass is 32.2. The molecule has 1 unspecified atom stereocenters. The number of hydrogen-bond acceptors (Lipinski definition) is 3. The molecule has 3 aromatic carbocycles. The van der Waals surface area contributed by atoms with Gasteiger partial charge in [0, 0.05) is 22.3 Å². The van der Waals surface area contributed by atoms with E-state index in [-0.39, 0.29) is 0 Å². The fourth-order valence-electron chi connectivity index (χ4n) is 3.01. The Morgan fingerprint density at radius 1 is 0.800 bits per heavy atom. The second-order valence-corrected chi connectivity index (χ2v) is 7.32. The maximum absolute atomic E-state index is 4.91. The van der Waals surface area contributed by atoms with Crippen molar-refractivity contribution in [1.82, 2.24) is 0 Å². The number of rotatable bonds is 2. The van der Waals surface area contributed by atoms with E-state index >= 15 is 0 Å². The molecular weight excluding hydrogens is 324 g/mol. The fourth-order valence-corrected chi connectivity index (χ4v) is 4.24. The van der Waals surface area contributed by atoms with Crippen LogP contribution in [0.2, 0.25) is 0 Å². The lowest BCUT2D eigenvalue weighted by molar-refractivity contribution is 0.838. The zero-order chi connectivity index (χ0) is 16.9. The van der Waals surface area contributed by atoms with Gasteiger partial charge in [-0.1, -0.05) is 60.7 Å². The second-order valence-electron chi connectivity index (χ2n) is 6.07. The first-order valence-electron chi connectivity index (χ1n) is 8.59. The Balaban J connectivity index is 1.67. The third-order valence-corrected chi connectivity index (χ3v) is 5.66. The summed E-state index contributed by atoms with van der Waals surface area (Å²) in [6.07, 6.45) is 1.98. The molecule has 0 spiro atoms. The van der Waals surface area contributed by atoms with Crippen LogP contribution in [0.3, 0.4) is 0 Å². The van der Waals surface area contributed by atoms with Crippen LogP contribution < -0.4 is 5.32 Å². The Kier molecular flexibility index (Phi) is 4.84. The van der Waals surface area contributed by atoms with E-state index in [4.69, 9.17) is 4.99 Å². The summed E-state index contributed by atoms with van der Waals surface area (Å²) in [6.45, 7) is 0. The van der Waals surface area contributed by atoms with Crippen LogP contribution in [-0.4, -0.2) is 5.84 Å². The SMILES string of the molecule is c1ccc(NC2=Nc3ccccc3SC(c3ccccc3)CC2)cc1. The van der Waals surface area contributed by atoms with Crippen molar-refractivity contribution in [2.45, 2.75) is 23.0 Å². The number of aliphatic imine (C=N–C) groups is 1.